The van der Waals surface area contributed by atoms with Crippen LogP contribution < -0.4 is 10.2 Å². The van der Waals surface area contributed by atoms with Gasteiger partial charge in [0.25, 0.3) is 0 Å². The maximum atomic E-state index is 11.3. The topological polar surface area (TPSA) is 86.7 Å². The van der Waals surface area contributed by atoms with Gasteiger partial charge in [0.2, 0.25) is 0 Å². The molecule has 0 saturated carbocycles. The predicted molar refractivity (Wildman–Crippen MR) is 74.4 cm³/mol. The molecule has 2 aliphatic rings. The molecule has 0 spiro atoms. The smallest absolute Gasteiger partial charge is 0.368 e. The summed E-state index contributed by atoms with van der Waals surface area (Å²) in [6.45, 7) is 0. The van der Waals surface area contributed by atoms with E-state index < -0.39 is 20.6 Å². The Bertz CT molecular complexity index is 619. The molecule has 1 fully saturated rings. The molecular formula is C11H12N2O4S2. The Morgan fingerprint density at radius 2 is 2.05 bits per heavy atom. The van der Waals surface area contributed by atoms with Gasteiger partial charge in [0.1, 0.15) is 0 Å². The van der Waals surface area contributed by atoms with Crippen molar-refractivity contribution in [3.05, 3.63) is 24.3 Å². The van der Waals surface area contributed by atoms with Crippen molar-refractivity contribution in [3.63, 3.8) is 0 Å². The summed E-state index contributed by atoms with van der Waals surface area (Å²) in [4.78, 5) is 12.7. The Morgan fingerprint density at radius 1 is 1.37 bits per heavy atom. The third-order valence-electron chi connectivity index (χ3n) is 3.21. The molecule has 1 unspecified atom stereocenters. The predicted octanol–water partition coefficient (Wildman–Crippen LogP) is 1.41. The van der Waals surface area contributed by atoms with E-state index >= 15 is 0 Å². The minimum atomic E-state index is -2.95. The lowest BCUT2D eigenvalue weighted by Gasteiger charge is -2.38. The Hall–Kier alpha value is -1.41. The first-order valence-electron chi connectivity index (χ1n) is 5.70. The van der Waals surface area contributed by atoms with E-state index in [2.05, 4.69) is 5.32 Å². The van der Waals surface area contributed by atoms with Crippen LogP contribution in [-0.4, -0.2) is 41.9 Å². The van der Waals surface area contributed by atoms with E-state index in [0.717, 1.165) is 23.1 Å². The summed E-state index contributed by atoms with van der Waals surface area (Å²) in [5.41, 5.74) is 1.24. The lowest BCUT2D eigenvalue weighted by molar-refractivity contribution is 0.222. The lowest BCUT2D eigenvalue weighted by Crippen LogP contribution is -2.56. The third-order valence-corrected chi connectivity index (χ3v) is 5.77. The van der Waals surface area contributed by atoms with Gasteiger partial charge in [-0.15, -0.1) is 0 Å². The van der Waals surface area contributed by atoms with Crippen LogP contribution in [0.5, 0.6) is 0 Å². The average Bonchev–Trinajstić information content (AvgIpc) is 2.62. The lowest BCUT2D eigenvalue weighted by atomic mass is 10.2. The van der Waals surface area contributed by atoms with E-state index in [1.165, 1.54) is 0 Å². The molecule has 102 valence electrons. The van der Waals surface area contributed by atoms with Crippen LogP contribution in [0.15, 0.2) is 24.3 Å². The molecule has 1 aromatic rings. The van der Waals surface area contributed by atoms with Crippen molar-refractivity contribution in [1.82, 2.24) is 0 Å². The van der Waals surface area contributed by atoms with E-state index in [9.17, 15) is 13.2 Å². The van der Waals surface area contributed by atoms with Crippen molar-refractivity contribution in [2.24, 2.45) is 0 Å². The molecule has 2 aliphatic heterocycles. The van der Waals surface area contributed by atoms with Gasteiger partial charge in [0, 0.05) is 11.8 Å². The van der Waals surface area contributed by atoms with Crippen molar-refractivity contribution in [1.29, 1.82) is 0 Å². The first-order valence-corrected chi connectivity index (χ1v) is 8.40. The zero-order chi connectivity index (χ0) is 13.6. The maximum Gasteiger partial charge on any atom is 0.368 e. The van der Waals surface area contributed by atoms with Crippen LogP contribution in [0.4, 0.5) is 16.2 Å². The highest BCUT2D eigenvalue weighted by molar-refractivity contribution is 8.13. The number of para-hydroxylation sites is 2. The van der Waals surface area contributed by atoms with Gasteiger partial charge in [-0.1, -0.05) is 12.1 Å². The molecule has 0 aliphatic carbocycles. The van der Waals surface area contributed by atoms with Gasteiger partial charge in [-0.05, 0) is 12.1 Å². The van der Waals surface area contributed by atoms with Gasteiger partial charge >= 0.3 is 5.30 Å². The van der Waals surface area contributed by atoms with Gasteiger partial charge in [-0.3, -0.25) is 0 Å². The van der Waals surface area contributed by atoms with Crippen molar-refractivity contribution in [2.75, 3.05) is 21.7 Å². The van der Waals surface area contributed by atoms with Crippen LogP contribution >= 0.6 is 11.8 Å². The molecule has 19 heavy (non-hydrogen) atoms. The van der Waals surface area contributed by atoms with Gasteiger partial charge in [0.05, 0.1) is 28.9 Å². The number of anilines is 2. The highest BCUT2D eigenvalue weighted by Crippen LogP contribution is 2.41. The van der Waals surface area contributed by atoms with E-state index in [-0.39, 0.29) is 17.5 Å². The van der Waals surface area contributed by atoms with E-state index in [1.807, 2.05) is 29.2 Å². The van der Waals surface area contributed by atoms with Crippen molar-refractivity contribution < 1.29 is 18.3 Å². The molecule has 2 N–H and O–H groups in total. The van der Waals surface area contributed by atoms with Gasteiger partial charge < -0.3 is 15.3 Å². The summed E-state index contributed by atoms with van der Waals surface area (Å²) in [5, 5.41) is 11.0. The van der Waals surface area contributed by atoms with Gasteiger partial charge in [0.15, 0.2) is 15.3 Å². The summed E-state index contributed by atoms with van der Waals surface area (Å²) in [6, 6.07) is 7.29. The third kappa shape index (κ3) is 2.25. The molecule has 1 saturated heterocycles. The summed E-state index contributed by atoms with van der Waals surface area (Å²) in [7, 11) is -2.95. The number of nitrogens with zero attached hydrogens (tertiary/aromatic N) is 1. The monoisotopic (exact) mass is 300 g/mol. The Labute approximate surface area is 114 Å². The summed E-state index contributed by atoms with van der Waals surface area (Å²) in [5.74, 6) is 0.166. The zero-order valence-corrected chi connectivity index (χ0v) is 11.4. The fourth-order valence-corrected chi connectivity index (χ4v) is 4.59. The quantitative estimate of drug-likeness (QED) is 0.854. The molecular weight excluding hydrogens is 288 g/mol. The number of benzene rings is 1. The second kappa shape index (κ2) is 4.31. The number of nitrogens with one attached hydrogen (secondary N) is 1. The first-order chi connectivity index (χ1) is 8.96. The van der Waals surface area contributed by atoms with E-state index in [4.69, 9.17) is 5.11 Å². The minimum absolute atomic E-state index is 0.0830. The second-order valence-corrected chi connectivity index (χ2v) is 7.72. The zero-order valence-electron chi connectivity index (χ0n) is 9.81. The number of carbonyl (C=O) groups is 1. The molecule has 1 atom stereocenters. The number of thioether (sulfide) groups is 1. The number of hydrogen-bond acceptors (Lipinski definition) is 6. The Morgan fingerprint density at radius 3 is 2.68 bits per heavy atom. The van der Waals surface area contributed by atoms with Crippen LogP contribution in [-0.2, 0) is 9.84 Å². The van der Waals surface area contributed by atoms with Crippen LogP contribution in [0.1, 0.15) is 0 Å². The SMILES string of the molecule is O=C(O)SC1Nc2ccccc2N1C1CS(=O)(=O)C1. The van der Waals surface area contributed by atoms with Crippen molar-refractivity contribution >= 4 is 38.3 Å². The molecule has 0 amide bonds. The molecule has 0 bridgehead atoms. The highest BCUT2D eigenvalue weighted by Gasteiger charge is 2.44. The van der Waals surface area contributed by atoms with Crippen LogP contribution in [0.3, 0.4) is 0 Å². The van der Waals surface area contributed by atoms with Crippen molar-refractivity contribution in [3.8, 4) is 0 Å². The molecule has 6 nitrogen and oxygen atoms in total. The Kier molecular flexibility index (Phi) is 2.86. The normalized spacial score (nSPS) is 24.4. The first kappa shape index (κ1) is 12.6. The van der Waals surface area contributed by atoms with Gasteiger partial charge in [-0.2, -0.15) is 0 Å². The van der Waals surface area contributed by atoms with Crippen LogP contribution in [0.25, 0.3) is 0 Å². The van der Waals surface area contributed by atoms with E-state index in [1.54, 1.807) is 0 Å². The number of rotatable bonds is 2. The maximum absolute atomic E-state index is 11.3. The number of carboxylic acid groups (broad SMARTS) is 1. The molecule has 0 aromatic heterocycles. The molecule has 0 radical (unpaired) electrons. The number of sulfone groups is 1. The fraction of sp³-hybridized carbons (Fsp3) is 0.364. The molecule has 1 aromatic carbocycles. The second-order valence-electron chi connectivity index (χ2n) is 4.54. The highest BCUT2D eigenvalue weighted by atomic mass is 32.2. The van der Waals surface area contributed by atoms with Crippen LogP contribution in [0, 0.1) is 0 Å². The van der Waals surface area contributed by atoms with Gasteiger partial charge in [-0.25, -0.2) is 13.2 Å². The van der Waals surface area contributed by atoms with Crippen molar-refractivity contribution in [2.45, 2.75) is 11.5 Å². The Balaban J connectivity index is 1.90. The average molecular weight is 300 g/mol. The largest absolute Gasteiger partial charge is 0.473 e. The number of fused-ring (bicyclic) bond motifs is 1. The fourth-order valence-electron chi connectivity index (χ4n) is 2.42. The molecule has 8 heteroatoms. The summed E-state index contributed by atoms with van der Waals surface area (Å²) in [6.07, 6.45) is 0. The molecule has 2 heterocycles. The summed E-state index contributed by atoms with van der Waals surface area (Å²) < 4.78 is 22.6. The minimum Gasteiger partial charge on any atom is -0.473 e. The standard InChI is InChI=1S/C11H12N2O4S2/c14-11(15)18-10-12-8-3-1-2-4-9(8)13(10)7-5-19(16,17)6-7/h1-4,7,10,12H,5-6H2,(H,14,15). The van der Waals surface area contributed by atoms with Crippen LogP contribution in [0.2, 0.25) is 0 Å². The number of hydrogen-bond donors (Lipinski definition) is 2. The summed E-state index contributed by atoms with van der Waals surface area (Å²) >= 11 is 0.741. The molecule has 3 rings (SSSR count). The van der Waals surface area contributed by atoms with E-state index in [0.29, 0.717) is 0 Å².